The van der Waals surface area contributed by atoms with Crippen LogP contribution in [0, 0.1) is 5.92 Å². The molecule has 0 aliphatic heterocycles. The molecule has 1 rings (SSSR count). The van der Waals surface area contributed by atoms with Gasteiger partial charge in [-0.2, -0.15) is 0 Å². The third-order valence-electron chi connectivity index (χ3n) is 3.32. The highest BCUT2D eigenvalue weighted by Gasteiger charge is 2.23. The van der Waals surface area contributed by atoms with E-state index in [1.807, 2.05) is 0 Å². The quantitative estimate of drug-likeness (QED) is 0.609. The maximum atomic E-state index is 12.5. The van der Waals surface area contributed by atoms with E-state index in [4.69, 9.17) is 22.4 Å². The average Bonchev–Trinajstić information content (AvgIpc) is 2.44. The van der Waals surface area contributed by atoms with Gasteiger partial charge in [0.1, 0.15) is 5.75 Å². The lowest BCUT2D eigenvalue weighted by Crippen LogP contribution is -2.17. The van der Waals surface area contributed by atoms with Gasteiger partial charge in [0.05, 0.1) is 10.6 Å². The molecule has 0 saturated carbocycles. The number of carbonyl (C=O) groups excluding carboxylic acids is 1. The van der Waals surface area contributed by atoms with Crippen LogP contribution in [-0.2, 0) is 4.79 Å². The largest absolute Gasteiger partial charge is 0.506 e. The van der Waals surface area contributed by atoms with Crippen molar-refractivity contribution in [3.63, 3.8) is 0 Å². The number of benzene rings is 1. The Bertz CT molecular complexity index is 504. The second-order valence-electron chi connectivity index (χ2n) is 4.91. The van der Waals surface area contributed by atoms with Crippen molar-refractivity contribution in [2.45, 2.75) is 32.1 Å². The summed E-state index contributed by atoms with van der Waals surface area (Å²) in [5, 5.41) is 18.7. The number of rotatable bonds is 9. The fourth-order valence-electron chi connectivity index (χ4n) is 2.20. The molecule has 6 heteroatoms. The number of carboxylic acids is 1. The van der Waals surface area contributed by atoms with Crippen LogP contribution in [0.25, 0.3) is 0 Å². The molecule has 1 unspecified atom stereocenters. The molecular weight excluding hydrogens is 294 g/mol. The van der Waals surface area contributed by atoms with E-state index < -0.39 is 5.97 Å². The topological polar surface area (TPSA) is 101 Å². The molecule has 0 bridgehead atoms. The molecule has 0 heterocycles. The van der Waals surface area contributed by atoms with E-state index in [1.165, 1.54) is 12.1 Å². The summed E-state index contributed by atoms with van der Waals surface area (Å²) in [5.74, 6) is -1.67. The standard InChI is InChI=1S/C15H20ClNO4/c16-12-7-2-6-11(15(12)21)14(20)10(5-3-9-17)4-1-8-13(18)19/h2,6-7,10,21H,1,3-5,8-9,17H2,(H,18,19). The number of Topliss-reactive ketones (excluding diaryl/α,β-unsaturated/α-hetero) is 1. The number of phenols is 1. The van der Waals surface area contributed by atoms with Crippen molar-refractivity contribution in [2.75, 3.05) is 6.54 Å². The second kappa shape index (κ2) is 8.64. The first-order valence-electron chi connectivity index (χ1n) is 6.91. The van der Waals surface area contributed by atoms with Crippen molar-refractivity contribution in [2.24, 2.45) is 11.7 Å². The summed E-state index contributed by atoms with van der Waals surface area (Å²) >= 11 is 5.81. The Kier molecular flexibility index (Phi) is 7.19. The minimum absolute atomic E-state index is 0.0218. The van der Waals surface area contributed by atoms with Crippen molar-refractivity contribution >= 4 is 23.4 Å². The number of carboxylic acid groups (broad SMARTS) is 1. The van der Waals surface area contributed by atoms with Crippen LogP contribution in [0.15, 0.2) is 18.2 Å². The number of nitrogens with two attached hydrogens (primary N) is 1. The molecule has 21 heavy (non-hydrogen) atoms. The molecule has 0 fully saturated rings. The highest BCUT2D eigenvalue weighted by Crippen LogP contribution is 2.31. The van der Waals surface area contributed by atoms with E-state index >= 15 is 0 Å². The van der Waals surface area contributed by atoms with E-state index in [0.29, 0.717) is 32.2 Å². The molecule has 5 nitrogen and oxygen atoms in total. The first-order chi connectivity index (χ1) is 9.97. The summed E-state index contributed by atoms with van der Waals surface area (Å²) in [7, 11) is 0. The summed E-state index contributed by atoms with van der Waals surface area (Å²) in [6.07, 6.45) is 2.13. The zero-order valence-electron chi connectivity index (χ0n) is 11.7. The normalized spacial score (nSPS) is 12.1. The fourth-order valence-corrected chi connectivity index (χ4v) is 2.38. The molecule has 0 aliphatic rings. The Hall–Kier alpha value is -1.59. The van der Waals surface area contributed by atoms with Crippen molar-refractivity contribution in [1.82, 2.24) is 0 Å². The molecule has 1 atom stereocenters. The van der Waals surface area contributed by atoms with Gasteiger partial charge in [0.25, 0.3) is 0 Å². The molecule has 0 amide bonds. The van der Waals surface area contributed by atoms with Crippen molar-refractivity contribution < 1.29 is 19.8 Å². The maximum absolute atomic E-state index is 12.5. The summed E-state index contributed by atoms with van der Waals surface area (Å²) in [5.41, 5.74) is 5.65. The van der Waals surface area contributed by atoms with Crippen LogP contribution in [0.1, 0.15) is 42.5 Å². The van der Waals surface area contributed by atoms with Crippen LogP contribution in [0.3, 0.4) is 0 Å². The minimum Gasteiger partial charge on any atom is -0.506 e. The maximum Gasteiger partial charge on any atom is 0.303 e. The zero-order chi connectivity index (χ0) is 15.8. The number of ketones is 1. The van der Waals surface area contributed by atoms with Gasteiger partial charge in [0.2, 0.25) is 0 Å². The zero-order valence-corrected chi connectivity index (χ0v) is 12.5. The predicted octanol–water partition coefficient (Wildman–Crippen LogP) is 2.84. The van der Waals surface area contributed by atoms with Gasteiger partial charge in [-0.1, -0.05) is 17.7 Å². The third-order valence-corrected chi connectivity index (χ3v) is 3.63. The van der Waals surface area contributed by atoms with Crippen molar-refractivity contribution in [3.8, 4) is 5.75 Å². The van der Waals surface area contributed by atoms with Gasteiger partial charge in [-0.15, -0.1) is 0 Å². The van der Waals surface area contributed by atoms with Gasteiger partial charge >= 0.3 is 5.97 Å². The molecule has 1 aromatic carbocycles. The van der Waals surface area contributed by atoms with Crippen LogP contribution in [0.2, 0.25) is 5.02 Å². The smallest absolute Gasteiger partial charge is 0.303 e. The SMILES string of the molecule is NCCCC(CCCC(=O)O)C(=O)c1cccc(Cl)c1O. The van der Waals surface area contributed by atoms with Gasteiger partial charge in [-0.3, -0.25) is 9.59 Å². The Labute approximate surface area is 128 Å². The Balaban J connectivity index is 2.83. The Morgan fingerprint density at radius 3 is 2.52 bits per heavy atom. The van der Waals surface area contributed by atoms with E-state index in [0.717, 1.165) is 0 Å². The third kappa shape index (κ3) is 5.36. The van der Waals surface area contributed by atoms with Gasteiger partial charge in [0, 0.05) is 12.3 Å². The monoisotopic (exact) mass is 313 g/mol. The van der Waals surface area contributed by atoms with Crippen LogP contribution in [-0.4, -0.2) is 28.5 Å². The highest BCUT2D eigenvalue weighted by molar-refractivity contribution is 6.32. The second-order valence-corrected chi connectivity index (χ2v) is 5.32. The molecule has 0 spiro atoms. The first kappa shape index (κ1) is 17.5. The van der Waals surface area contributed by atoms with Crippen molar-refractivity contribution in [1.29, 1.82) is 0 Å². The van der Waals surface area contributed by atoms with Gasteiger partial charge < -0.3 is 15.9 Å². The number of para-hydroxylation sites is 1. The molecule has 116 valence electrons. The predicted molar refractivity (Wildman–Crippen MR) is 80.7 cm³/mol. The molecule has 0 saturated heterocycles. The Morgan fingerprint density at radius 2 is 1.90 bits per heavy atom. The van der Waals surface area contributed by atoms with Gasteiger partial charge in [-0.25, -0.2) is 0 Å². The summed E-state index contributed by atoms with van der Waals surface area (Å²) in [6, 6.07) is 4.63. The van der Waals surface area contributed by atoms with Crippen LogP contribution in [0.5, 0.6) is 5.75 Å². The molecular formula is C15H20ClNO4. The summed E-state index contributed by atoms with van der Waals surface area (Å²) < 4.78 is 0. The lowest BCUT2D eigenvalue weighted by atomic mass is 9.88. The van der Waals surface area contributed by atoms with Gasteiger partial charge in [0.15, 0.2) is 5.78 Å². The van der Waals surface area contributed by atoms with Crippen molar-refractivity contribution in [3.05, 3.63) is 28.8 Å². The number of halogens is 1. The number of hydrogen-bond acceptors (Lipinski definition) is 4. The van der Waals surface area contributed by atoms with Crippen LogP contribution >= 0.6 is 11.6 Å². The fraction of sp³-hybridized carbons (Fsp3) is 0.467. The first-order valence-corrected chi connectivity index (χ1v) is 7.28. The molecule has 0 aliphatic carbocycles. The van der Waals surface area contributed by atoms with Gasteiger partial charge in [-0.05, 0) is 44.4 Å². The number of carbonyl (C=O) groups is 2. The lowest BCUT2D eigenvalue weighted by molar-refractivity contribution is -0.137. The lowest BCUT2D eigenvalue weighted by Gasteiger charge is -2.16. The minimum atomic E-state index is -0.884. The van der Waals surface area contributed by atoms with Crippen LogP contribution < -0.4 is 5.73 Å². The number of phenolic OH excluding ortho intramolecular Hbond substituents is 1. The molecule has 0 radical (unpaired) electrons. The molecule has 0 aromatic heterocycles. The summed E-state index contributed by atoms with van der Waals surface area (Å²) in [6.45, 7) is 0.463. The molecule has 1 aromatic rings. The number of aliphatic carboxylic acids is 1. The molecule has 4 N–H and O–H groups in total. The van der Waals surface area contributed by atoms with E-state index in [-0.39, 0.29) is 34.5 Å². The average molecular weight is 314 g/mol. The van der Waals surface area contributed by atoms with E-state index in [2.05, 4.69) is 0 Å². The highest BCUT2D eigenvalue weighted by atomic mass is 35.5. The van der Waals surface area contributed by atoms with Crippen LogP contribution in [0.4, 0.5) is 0 Å². The Morgan fingerprint density at radius 1 is 1.24 bits per heavy atom. The van der Waals surface area contributed by atoms with E-state index in [1.54, 1.807) is 6.07 Å². The number of aromatic hydroxyl groups is 1. The summed E-state index contributed by atoms with van der Waals surface area (Å²) in [4.78, 5) is 23.1. The van der Waals surface area contributed by atoms with E-state index in [9.17, 15) is 14.7 Å². The number of hydrogen-bond donors (Lipinski definition) is 3.